The maximum Gasteiger partial charge on any atom is 0.191 e. The second-order valence-corrected chi connectivity index (χ2v) is 2.79. The van der Waals surface area contributed by atoms with Gasteiger partial charge in [-0.2, -0.15) is 0 Å². The molecular weight excluding hydrogens is 140 g/mol. The summed E-state index contributed by atoms with van der Waals surface area (Å²) in [5.74, 6) is 1.44. The molecule has 0 amide bonds. The van der Waals surface area contributed by atoms with Crippen LogP contribution in [0.25, 0.3) is 0 Å². The summed E-state index contributed by atoms with van der Waals surface area (Å²) in [5, 5.41) is 0. The zero-order chi connectivity index (χ0) is 8.59. The van der Waals surface area contributed by atoms with Crippen LogP contribution in [0.2, 0.25) is 0 Å². The van der Waals surface area contributed by atoms with Crippen molar-refractivity contribution in [2.75, 3.05) is 0 Å². The van der Waals surface area contributed by atoms with Crippen LogP contribution in [0.4, 0.5) is 0 Å². The fraction of sp³-hybridized carbons (Fsp3) is 0.444. The molecule has 60 valence electrons. The van der Waals surface area contributed by atoms with Gasteiger partial charge in [-0.05, 0) is 27.7 Å². The highest BCUT2D eigenvalue weighted by atomic mass is 16.3. The van der Waals surface area contributed by atoms with Gasteiger partial charge in [-0.15, -0.1) is 0 Å². The van der Waals surface area contributed by atoms with Crippen LogP contribution < -0.4 is 5.43 Å². The van der Waals surface area contributed by atoms with Gasteiger partial charge in [0.15, 0.2) is 5.43 Å². The van der Waals surface area contributed by atoms with Gasteiger partial charge >= 0.3 is 0 Å². The molecule has 0 aliphatic carbocycles. The standard InChI is InChI=1S/C9H12O2/c1-5-7(3)11-8(4)6(2)9(5)10/h1-4H3. The zero-order valence-electron chi connectivity index (χ0n) is 7.32. The SMILES string of the molecule is Cc1oc(C)c(C)c(=O)c1C. The van der Waals surface area contributed by atoms with E-state index >= 15 is 0 Å². The maximum atomic E-state index is 11.4. The van der Waals surface area contributed by atoms with Crippen LogP contribution in [0.1, 0.15) is 22.6 Å². The van der Waals surface area contributed by atoms with E-state index in [-0.39, 0.29) is 5.43 Å². The van der Waals surface area contributed by atoms with Crippen LogP contribution >= 0.6 is 0 Å². The minimum Gasteiger partial charge on any atom is -0.466 e. The summed E-state index contributed by atoms with van der Waals surface area (Å²) in [7, 11) is 0. The zero-order valence-corrected chi connectivity index (χ0v) is 7.32. The van der Waals surface area contributed by atoms with Crippen molar-refractivity contribution in [2.24, 2.45) is 0 Å². The first-order valence-corrected chi connectivity index (χ1v) is 3.61. The molecule has 0 radical (unpaired) electrons. The Bertz CT molecular complexity index is 305. The van der Waals surface area contributed by atoms with E-state index in [1.807, 2.05) is 13.8 Å². The van der Waals surface area contributed by atoms with Gasteiger partial charge < -0.3 is 4.42 Å². The van der Waals surface area contributed by atoms with E-state index in [1.54, 1.807) is 13.8 Å². The molecule has 1 rings (SSSR count). The number of rotatable bonds is 0. The quantitative estimate of drug-likeness (QED) is 0.568. The van der Waals surface area contributed by atoms with Crippen LogP contribution in [-0.4, -0.2) is 0 Å². The van der Waals surface area contributed by atoms with E-state index in [2.05, 4.69) is 0 Å². The average molecular weight is 152 g/mol. The van der Waals surface area contributed by atoms with Crippen LogP contribution in [0, 0.1) is 27.7 Å². The van der Waals surface area contributed by atoms with E-state index in [9.17, 15) is 4.79 Å². The Balaban J connectivity index is 3.59. The number of hydrogen-bond donors (Lipinski definition) is 0. The van der Waals surface area contributed by atoms with Gasteiger partial charge in [0.05, 0.1) is 0 Å². The van der Waals surface area contributed by atoms with Gasteiger partial charge in [0, 0.05) is 11.1 Å². The molecule has 0 spiro atoms. The third kappa shape index (κ3) is 1.20. The van der Waals surface area contributed by atoms with E-state index < -0.39 is 0 Å². The highest BCUT2D eigenvalue weighted by Gasteiger charge is 2.05. The molecule has 1 aromatic rings. The molecule has 0 aromatic carbocycles. The number of hydrogen-bond acceptors (Lipinski definition) is 2. The summed E-state index contributed by atoms with van der Waals surface area (Å²) < 4.78 is 5.32. The summed E-state index contributed by atoms with van der Waals surface area (Å²) in [6, 6.07) is 0. The smallest absolute Gasteiger partial charge is 0.191 e. The van der Waals surface area contributed by atoms with Gasteiger partial charge in [0.2, 0.25) is 0 Å². The van der Waals surface area contributed by atoms with Gasteiger partial charge in [-0.3, -0.25) is 4.79 Å². The van der Waals surface area contributed by atoms with Crippen molar-refractivity contribution in [3.8, 4) is 0 Å². The van der Waals surface area contributed by atoms with Crippen LogP contribution in [0.3, 0.4) is 0 Å². The third-order valence-electron chi connectivity index (χ3n) is 2.04. The van der Waals surface area contributed by atoms with E-state index in [4.69, 9.17) is 4.42 Å². The molecule has 0 saturated heterocycles. The van der Waals surface area contributed by atoms with Crippen molar-refractivity contribution >= 4 is 0 Å². The van der Waals surface area contributed by atoms with Crippen molar-refractivity contribution < 1.29 is 4.42 Å². The summed E-state index contributed by atoms with van der Waals surface area (Å²) in [5.41, 5.74) is 1.53. The van der Waals surface area contributed by atoms with Crippen LogP contribution in [0.15, 0.2) is 9.21 Å². The van der Waals surface area contributed by atoms with Crippen molar-refractivity contribution in [3.05, 3.63) is 32.9 Å². The molecule has 1 aromatic heterocycles. The van der Waals surface area contributed by atoms with E-state index in [1.165, 1.54) is 0 Å². The Hall–Kier alpha value is -1.05. The highest BCUT2D eigenvalue weighted by Crippen LogP contribution is 2.07. The summed E-state index contributed by atoms with van der Waals surface area (Å²) in [4.78, 5) is 11.4. The van der Waals surface area contributed by atoms with Gasteiger partial charge in [0.25, 0.3) is 0 Å². The Labute approximate surface area is 65.9 Å². The monoisotopic (exact) mass is 152 g/mol. The summed E-state index contributed by atoms with van der Waals surface area (Å²) >= 11 is 0. The molecular formula is C9H12O2. The van der Waals surface area contributed by atoms with E-state index in [0.29, 0.717) is 11.1 Å². The van der Waals surface area contributed by atoms with Crippen LogP contribution in [0.5, 0.6) is 0 Å². The Morgan fingerprint density at radius 2 is 1.27 bits per heavy atom. The van der Waals surface area contributed by atoms with Gasteiger partial charge in [-0.1, -0.05) is 0 Å². The first kappa shape index (κ1) is 8.05. The van der Waals surface area contributed by atoms with Crippen molar-refractivity contribution in [1.29, 1.82) is 0 Å². The number of aryl methyl sites for hydroxylation is 2. The second kappa shape index (κ2) is 2.53. The second-order valence-electron chi connectivity index (χ2n) is 2.79. The highest BCUT2D eigenvalue weighted by molar-refractivity contribution is 5.24. The third-order valence-corrected chi connectivity index (χ3v) is 2.04. The predicted molar refractivity (Wildman–Crippen MR) is 43.9 cm³/mol. The first-order valence-electron chi connectivity index (χ1n) is 3.61. The molecule has 0 aliphatic rings. The topological polar surface area (TPSA) is 30.2 Å². The molecule has 0 saturated carbocycles. The molecule has 0 bridgehead atoms. The summed E-state index contributed by atoms with van der Waals surface area (Å²) in [6.45, 7) is 7.19. The van der Waals surface area contributed by atoms with Crippen LogP contribution in [-0.2, 0) is 0 Å². The molecule has 0 aliphatic heterocycles. The molecule has 2 heteroatoms. The Morgan fingerprint density at radius 1 is 0.909 bits per heavy atom. The lowest BCUT2D eigenvalue weighted by molar-refractivity contribution is 0.474. The normalized spacial score (nSPS) is 10.2. The van der Waals surface area contributed by atoms with Gasteiger partial charge in [0.1, 0.15) is 11.5 Å². The lowest BCUT2D eigenvalue weighted by Crippen LogP contribution is -2.11. The molecule has 11 heavy (non-hydrogen) atoms. The maximum absolute atomic E-state index is 11.4. The first-order chi connectivity index (χ1) is 5.04. The minimum absolute atomic E-state index is 0.103. The molecule has 0 fully saturated rings. The Morgan fingerprint density at radius 3 is 1.64 bits per heavy atom. The molecule has 0 unspecified atom stereocenters. The predicted octanol–water partition coefficient (Wildman–Crippen LogP) is 1.87. The van der Waals surface area contributed by atoms with E-state index in [0.717, 1.165) is 11.5 Å². The summed E-state index contributed by atoms with van der Waals surface area (Å²) in [6.07, 6.45) is 0. The molecule has 2 nitrogen and oxygen atoms in total. The Kier molecular flexibility index (Phi) is 1.85. The molecule has 0 N–H and O–H groups in total. The fourth-order valence-electron chi connectivity index (χ4n) is 0.984. The van der Waals surface area contributed by atoms with Crippen molar-refractivity contribution in [2.45, 2.75) is 27.7 Å². The molecule has 1 heterocycles. The average Bonchev–Trinajstić information content (AvgIpc) is 1.97. The van der Waals surface area contributed by atoms with Crippen molar-refractivity contribution in [3.63, 3.8) is 0 Å². The molecule has 0 atom stereocenters. The lowest BCUT2D eigenvalue weighted by atomic mass is 10.1. The lowest BCUT2D eigenvalue weighted by Gasteiger charge is -2.02. The van der Waals surface area contributed by atoms with Crippen molar-refractivity contribution in [1.82, 2.24) is 0 Å². The minimum atomic E-state index is 0.103. The van der Waals surface area contributed by atoms with Gasteiger partial charge in [-0.25, -0.2) is 0 Å². The largest absolute Gasteiger partial charge is 0.466 e. The fourth-order valence-corrected chi connectivity index (χ4v) is 0.984.